The van der Waals surface area contributed by atoms with Crippen LogP contribution in [0.1, 0.15) is 38.7 Å². The molecule has 1 aromatic rings. The van der Waals surface area contributed by atoms with E-state index in [4.69, 9.17) is 9.47 Å². The number of quaternary nitrogens is 1. The van der Waals surface area contributed by atoms with Crippen LogP contribution in [-0.4, -0.2) is 50.2 Å². The van der Waals surface area contributed by atoms with E-state index in [1.807, 2.05) is 51.5 Å². The van der Waals surface area contributed by atoms with Crippen molar-refractivity contribution in [2.24, 2.45) is 5.92 Å². The van der Waals surface area contributed by atoms with Crippen molar-refractivity contribution in [2.45, 2.75) is 45.8 Å². The maximum absolute atomic E-state index is 12.1. The van der Waals surface area contributed by atoms with Crippen molar-refractivity contribution in [3.63, 3.8) is 0 Å². The molecule has 0 unspecified atom stereocenters. The molecule has 0 fully saturated rings. The van der Waals surface area contributed by atoms with Crippen LogP contribution >= 0.6 is 0 Å². The van der Waals surface area contributed by atoms with Gasteiger partial charge in [-0.05, 0) is 17.9 Å². The van der Waals surface area contributed by atoms with Gasteiger partial charge >= 0.3 is 11.9 Å². The van der Waals surface area contributed by atoms with Gasteiger partial charge in [0, 0.05) is 6.42 Å². The van der Waals surface area contributed by atoms with E-state index >= 15 is 0 Å². The summed E-state index contributed by atoms with van der Waals surface area (Å²) in [6.45, 7) is 4.93. The van der Waals surface area contributed by atoms with Crippen molar-refractivity contribution in [3.8, 4) is 0 Å². The third-order valence-corrected chi connectivity index (χ3v) is 3.61. The fraction of sp³-hybridized carbons (Fsp3) is 0.600. The summed E-state index contributed by atoms with van der Waals surface area (Å²) in [5.74, 6) is -0.151. The lowest BCUT2D eigenvalue weighted by Crippen LogP contribution is -3.00. The van der Waals surface area contributed by atoms with Crippen molar-refractivity contribution in [1.29, 1.82) is 0 Å². The maximum atomic E-state index is 12.1. The molecule has 0 radical (unpaired) electrons. The van der Waals surface area contributed by atoms with Crippen molar-refractivity contribution < 1.29 is 36.0 Å². The standard InChI is InChI=1S/C20H32NO4.ClH/c1-16(2)11-12-19(22)25-18(14-21(3,4)5)13-20(23)24-15-17-9-7-6-8-10-17;/h6-10,16,18H,11-15H2,1-5H3;1H/q+1;/p-1/t18-;/m1./s1. The van der Waals surface area contributed by atoms with Crippen LogP contribution < -0.4 is 12.4 Å². The van der Waals surface area contributed by atoms with E-state index in [1.165, 1.54) is 0 Å². The van der Waals surface area contributed by atoms with Gasteiger partial charge in [0.05, 0.1) is 27.6 Å². The highest BCUT2D eigenvalue weighted by Gasteiger charge is 2.25. The number of carbonyl (C=O) groups is 2. The molecular formula is C20H32ClNO4. The number of esters is 2. The van der Waals surface area contributed by atoms with Gasteiger partial charge in [-0.1, -0.05) is 44.2 Å². The Labute approximate surface area is 163 Å². The highest BCUT2D eigenvalue weighted by atomic mass is 35.5. The summed E-state index contributed by atoms with van der Waals surface area (Å²) in [6, 6.07) is 9.53. The molecule has 0 bridgehead atoms. The highest BCUT2D eigenvalue weighted by Crippen LogP contribution is 2.11. The largest absolute Gasteiger partial charge is 1.00 e. The zero-order valence-electron chi connectivity index (χ0n) is 16.5. The van der Waals surface area contributed by atoms with E-state index in [-0.39, 0.29) is 37.4 Å². The second kappa shape index (κ2) is 11.9. The van der Waals surface area contributed by atoms with Crippen LogP contribution in [0.4, 0.5) is 0 Å². The minimum Gasteiger partial charge on any atom is -1.00 e. The second-order valence-electron chi connectivity index (χ2n) is 7.87. The molecule has 0 aliphatic heterocycles. The normalized spacial score (nSPS) is 12.2. The van der Waals surface area contributed by atoms with E-state index in [2.05, 4.69) is 13.8 Å². The van der Waals surface area contributed by atoms with Gasteiger partial charge in [-0.2, -0.15) is 0 Å². The van der Waals surface area contributed by atoms with E-state index in [0.717, 1.165) is 12.0 Å². The summed E-state index contributed by atoms with van der Waals surface area (Å²) in [5, 5.41) is 0. The maximum Gasteiger partial charge on any atom is 0.310 e. The fourth-order valence-electron chi connectivity index (χ4n) is 2.39. The molecule has 0 aromatic heterocycles. The zero-order chi connectivity index (χ0) is 18.9. The lowest BCUT2D eigenvalue weighted by atomic mass is 10.1. The van der Waals surface area contributed by atoms with Crippen molar-refractivity contribution in [2.75, 3.05) is 27.7 Å². The molecule has 148 valence electrons. The van der Waals surface area contributed by atoms with Gasteiger partial charge < -0.3 is 26.4 Å². The number of benzene rings is 1. The molecule has 0 saturated heterocycles. The predicted molar refractivity (Wildman–Crippen MR) is 97.7 cm³/mol. The van der Waals surface area contributed by atoms with Gasteiger partial charge in [0.2, 0.25) is 0 Å². The third kappa shape index (κ3) is 11.9. The second-order valence-corrected chi connectivity index (χ2v) is 7.87. The third-order valence-electron chi connectivity index (χ3n) is 3.61. The molecule has 0 spiro atoms. The van der Waals surface area contributed by atoms with Gasteiger partial charge in [-0.3, -0.25) is 9.59 Å². The van der Waals surface area contributed by atoms with Gasteiger partial charge in [-0.15, -0.1) is 0 Å². The minimum absolute atomic E-state index is 0. The molecule has 26 heavy (non-hydrogen) atoms. The molecule has 6 heteroatoms. The van der Waals surface area contributed by atoms with Crippen molar-refractivity contribution in [1.82, 2.24) is 0 Å². The number of hydrogen-bond donors (Lipinski definition) is 0. The quantitative estimate of drug-likeness (QED) is 0.426. The SMILES string of the molecule is CC(C)CCC(=O)O[C@H](CC(=O)OCc1ccccc1)C[N+](C)(C)C.[Cl-]. The lowest BCUT2D eigenvalue weighted by Gasteiger charge is -2.28. The summed E-state index contributed by atoms with van der Waals surface area (Å²) >= 11 is 0. The summed E-state index contributed by atoms with van der Waals surface area (Å²) in [6.07, 6.45) is 0.775. The van der Waals surface area contributed by atoms with Crippen molar-refractivity contribution in [3.05, 3.63) is 35.9 Å². The van der Waals surface area contributed by atoms with E-state index in [9.17, 15) is 9.59 Å². The first-order valence-corrected chi connectivity index (χ1v) is 8.85. The summed E-state index contributed by atoms with van der Waals surface area (Å²) in [5.41, 5.74) is 0.938. The van der Waals surface area contributed by atoms with Crippen LogP contribution in [0.15, 0.2) is 30.3 Å². The Balaban J connectivity index is 0.00000625. The summed E-state index contributed by atoms with van der Waals surface area (Å²) in [7, 11) is 6.01. The summed E-state index contributed by atoms with van der Waals surface area (Å²) < 4.78 is 11.5. The topological polar surface area (TPSA) is 52.6 Å². The molecule has 1 atom stereocenters. The molecule has 0 saturated carbocycles. The van der Waals surface area contributed by atoms with Crippen LogP contribution in [0.3, 0.4) is 0 Å². The number of hydrogen-bond acceptors (Lipinski definition) is 4. The van der Waals surface area contributed by atoms with Crippen molar-refractivity contribution >= 4 is 11.9 Å². The Bertz CT molecular complexity index is 540. The van der Waals surface area contributed by atoms with Gasteiger partial charge in [-0.25, -0.2) is 0 Å². The molecule has 1 aromatic carbocycles. The average Bonchev–Trinajstić information content (AvgIpc) is 2.50. The van der Waals surface area contributed by atoms with Crippen LogP contribution in [0, 0.1) is 5.92 Å². The molecule has 0 amide bonds. The summed E-state index contributed by atoms with van der Waals surface area (Å²) in [4.78, 5) is 24.2. The van der Waals surface area contributed by atoms with E-state index in [1.54, 1.807) is 0 Å². The monoisotopic (exact) mass is 385 g/mol. The van der Waals surface area contributed by atoms with Crippen LogP contribution in [-0.2, 0) is 25.7 Å². The molecule has 0 heterocycles. The molecule has 1 rings (SSSR count). The Morgan fingerprint density at radius 2 is 1.65 bits per heavy atom. The minimum atomic E-state index is -0.470. The van der Waals surface area contributed by atoms with Gasteiger partial charge in [0.25, 0.3) is 0 Å². The number of ether oxygens (including phenoxy) is 2. The first-order chi connectivity index (χ1) is 11.7. The smallest absolute Gasteiger partial charge is 0.310 e. The van der Waals surface area contributed by atoms with Gasteiger partial charge in [0.1, 0.15) is 13.2 Å². The Kier molecular flexibility index (Phi) is 11.2. The zero-order valence-corrected chi connectivity index (χ0v) is 17.3. The van der Waals surface area contributed by atoms with E-state index in [0.29, 0.717) is 23.4 Å². The lowest BCUT2D eigenvalue weighted by molar-refractivity contribution is -0.873. The molecule has 0 aliphatic rings. The first-order valence-electron chi connectivity index (χ1n) is 8.85. The number of carbonyl (C=O) groups excluding carboxylic acids is 2. The Morgan fingerprint density at radius 3 is 2.19 bits per heavy atom. The Morgan fingerprint density at radius 1 is 1.04 bits per heavy atom. The first kappa shape index (κ1) is 24.4. The van der Waals surface area contributed by atoms with Gasteiger partial charge in [0.15, 0.2) is 6.10 Å². The number of nitrogens with zero attached hydrogens (tertiary/aromatic N) is 1. The van der Waals surface area contributed by atoms with Crippen LogP contribution in [0.25, 0.3) is 0 Å². The Hall–Kier alpha value is -1.59. The van der Waals surface area contributed by atoms with Crippen LogP contribution in [0.5, 0.6) is 0 Å². The number of rotatable bonds is 10. The number of halogens is 1. The fourth-order valence-corrected chi connectivity index (χ4v) is 2.39. The average molecular weight is 386 g/mol. The molecule has 0 N–H and O–H groups in total. The predicted octanol–water partition coefficient (Wildman–Crippen LogP) is 0.178. The molecule has 5 nitrogen and oxygen atoms in total. The van der Waals surface area contributed by atoms with Crippen LogP contribution in [0.2, 0.25) is 0 Å². The molecular weight excluding hydrogens is 354 g/mol. The molecule has 0 aliphatic carbocycles. The highest BCUT2D eigenvalue weighted by molar-refractivity contribution is 5.72. The van der Waals surface area contributed by atoms with E-state index < -0.39 is 6.10 Å². The number of likely N-dealkylation sites (N-methyl/N-ethyl adjacent to an activating group) is 1.